The van der Waals surface area contributed by atoms with Crippen LogP contribution in [-0.4, -0.2) is 15.5 Å². The van der Waals surface area contributed by atoms with Crippen molar-refractivity contribution >= 4 is 16.9 Å². The fourth-order valence-electron chi connectivity index (χ4n) is 3.27. The largest absolute Gasteiger partial charge is 0.342 e. The first-order valence-electron chi connectivity index (χ1n) is 8.84. The zero-order valence-electron chi connectivity index (χ0n) is 15.8. The van der Waals surface area contributed by atoms with Crippen LogP contribution in [0.3, 0.4) is 0 Å². The Hall–Kier alpha value is -2.88. The molecule has 0 saturated heterocycles. The molecule has 0 aliphatic rings. The van der Waals surface area contributed by atoms with Gasteiger partial charge in [0.15, 0.2) is 0 Å². The Kier molecular flexibility index (Phi) is 4.94. The molecule has 0 radical (unpaired) electrons. The van der Waals surface area contributed by atoms with Crippen LogP contribution in [0.15, 0.2) is 54.6 Å². The number of hydrogen-bond acceptors (Lipinski definition) is 2. The highest BCUT2D eigenvalue weighted by Crippen LogP contribution is 2.22. The average molecular weight is 347 g/mol. The van der Waals surface area contributed by atoms with E-state index < -0.39 is 0 Å². The van der Waals surface area contributed by atoms with Crippen LogP contribution in [0.2, 0.25) is 0 Å². The second kappa shape index (κ2) is 7.16. The lowest BCUT2D eigenvalue weighted by atomic mass is 10.0. The highest BCUT2D eigenvalue weighted by atomic mass is 16.1. The molecule has 0 spiro atoms. The molecule has 4 nitrogen and oxygen atoms in total. The van der Waals surface area contributed by atoms with Crippen molar-refractivity contribution in [1.82, 2.24) is 14.9 Å². The monoisotopic (exact) mass is 347 g/mol. The maximum atomic E-state index is 12.7. The first-order chi connectivity index (χ1) is 12.4. The molecule has 1 atom stereocenters. The van der Waals surface area contributed by atoms with Crippen LogP contribution in [0.25, 0.3) is 11.0 Å². The fourth-order valence-corrected chi connectivity index (χ4v) is 3.27. The second-order valence-corrected chi connectivity index (χ2v) is 7.02. The lowest BCUT2D eigenvalue weighted by Gasteiger charge is -2.17. The third kappa shape index (κ3) is 3.54. The summed E-state index contributed by atoms with van der Waals surface area (Å²) in [6.45, 7) is 12.7. The summed E-state index contributed by atoms with van der Waals surface area (Å²) in [6, 6.07) is 13.7. The zero-order valence-corrected chi connectivity index (χ0v) is 15.8. The SMILES string of the molecule is C=C(C)Cn1c(C(C)NC(=O)c2ccc(C)cc2C)nc2ccccc21. The molecule has 0 aliphatic heterocycles. The molecule has 4 heteroatoms. The van der Waals surface area contributed by atoms with Gasteiger partial charge in [-0.15, -0.1) is 0 Å². The minimum Gasteiger partial charge on any atom is -0.342 e. The van der Waals surface area contributed by atoms with E-state index in [9.17, 15) is 4.79 Å². The number of nitrogens with one attached hydrogen (secondary N) is 1. The van der Waals surface area contributed by atoms with Gasteiger partial charge in [0.05, 0.1) is 17.1 Å². The molecule has 2 aromatic carbocycles. The number of rotatable bonds is 5. The molecule has 1 unspecified atom stereocenters. The van der Waals surface area contributed by atoms with Gasteiger partial charge < -0.3 is 9.88 Å². The van der Waals surface area contributed by atoms with Crippen molar-refractivity contribution in [1.29, 1.82) is 0 Å². The van der Waals surface area contributed by atoms with Gasteiger partial charge in [0.25, 0.3) is 5.91 Å². The highest BCUT2D eigenvalue weighted by Gasteiger charge is 2.19. The van der Waals surface area contributed by atoms with Crippen LogP contribution < -0.4 is 5.32 Å². The predicted molar refractivity (Wildman–Crippen MR) is 106 cm³/mol. The van der Waals surface area contributed by atoms with Crippen molar-refractivity contribution in [2.45, 2.75) is 40.3 Å². The summed E-state index contributed by atoms with van der Waals surface area (Å²) >= 11 is 0. The van der Waals surface area contributed by atoms with Crippen LogP contribution >= 0.6 is 0 Å². The van der Waals surface area contributed by atoms with E-state index in [4.69, 9.17) is 4.98 Å². The molecule has 3 rings (SSSR count). The number of para-hydroxylation sites is 2. The predicted octanol–water partition coefficient (Wildman–Crippen LogP) is 4.72. The minimum atomic E-state index is -0.213. The van der Waals surface area contributed by atoms with E-state index in [-0.39, 0.29) is 11.9 Å². The first kappa shape index (κ1) is 17.9. The number of carbonyl (C=O) groups excluding carboxylic acids is 1. The number of imidazole rings is 1. The Balaban J connectivity index is 1.93. The van der Waals surface area contributed by atoms with Crippen molar-refractivity contribution in [3.8, 4) is 0 Å². The number of fused-ring (bicyclic) bond motifs is 1. The number of aromatic nitrogens is 2. The molecule has 3 aromatic rings. The van der Waals surface area contributed by atoms with Crippen molar-refractivity contribution in [2.75, 3.05) is 0 Å². The van der Waals surface area contributed by atoms with Crippen LogP contribution in [0.4, 0.5) is 0 Å². The summed E-state index contributed by atoms with van der Waals surface area (Å²) in [5.41, 5.74) is 5.85. The summed E-state index contributed by atoms with van der Waals surface area (Å²) in [5, 5.41) is 3.10. The van der Waals surface area contributed by atoms with E-state index in [1.54, 1.807) is 0 Å². The molecule has 0 aliphatic carbocycles. The van der Waals surface area contributed by atoms with Gasteiger partial charge in [0, 0.05) is 12.1 Å². The Morgan fingerprint density at radius 3 is 2.65 bits per heavy atom. The number of carbonyl (C=O) groups is 1. The maximum absolute atomic E-state index is 12.7. The molecular weight excluding hydrogens is 322 g/mol. The maximum Gasteiger partial charge on any atom is 0.252 e. The number of hydrogen-bond donors (Lipinski definition) is 1. The summed E-state index contributed by atoms with van der Waals surface area (Å²) in [6.07, 6.45) is 0. The Labute approximate surface area is 154 Å². The Morgan fingerprint density at radius 1 is 1.23 bits per heavy atom. The fraction of sp³-hybridized carbons (Fsp3) is 0.273. The van der Waals surface area contributed by atoms with Gasteiger partial charge in [-0.1, -0.05) is 42.0 Å². The second-order valence-electron chi connectivity index (χ2n) is 7.02. The van der Waals surface area contributed by atoms with Gasteiger partial charge in [-0.2, -0.15) is 0 Å². The lowest BCUT2D eigenvalue weighted by Crippen LogP contribution is -2.29. The van der Waals surface area contributed by atoms with Crippen LogP contribution in [-0.2, 0) is 6.54 Å². The number of amides is 1. The summed E-state index contributed by atoms with van der Waals surface area (Å²) in [4.78, 5) is 17.5. The molecule has 1 amide bonds. The number of allylic oxidation sites excluding steroid dienone is 1. The van der Waals surface area contributed by atoms with E-state index in [0.29, 0.717) is 12.1 Å². The molecule has 0 fully saturated rings. The van der Waals surface area contributed by atoms with Crippen LogP contribution in [0.1, 0.15) is 47.2 Å². The molecule has 1 N–H and O–H groups in total. The van der Waals surface area contributed by atoms with E-state index in [1.165, 1.54) is 0 Å². The van der Waals surface area contributed by atoms with Crippen molar-refractivity contribution in [3.63, 3.8) is 0 Å². The highest BCUT2D eigenvalue weighted by molar-refractivity contribution is 5.96. The van der Waals surface area contributed by atoms with Gasteiger partial charge >= 0.3 is 0 Å². The van der Waals surface area contributed by atoms with Gasteiger partial charge in [0.1, 0.15) is 5.82 Å². The molecule has 0 saturated carbocycles. The molecule has 134 valence electrons. The van der Waals surface area contributed by atoms with E-state index >= 15 is 0 Å². The van der Waals surface area contributed by atoms with Crippen LogP contribution in [0.5, 0.6) is 0 Å². The normalized spacial score (nSPS) is 12.2. The number of aryl methyl sites for hydroxylation is 2. The van der Waals surface area contributed by atoms with Crippen molar-refractivity contribution < 1.29 is 4.79 Å². The lowest BCUT2D eigenvalue weighted by molar-refractivity contribution is 0.0937. The van der Waals surface area contributed by atoms with Crippen LogP contribution in [0, 0.1) is 13.8 Å². The van der Waals surface area contributed by atoms with E-state index in [1.807, 2.05) is 70.2 Å². The van der Waals surface area contributed by atoms with Crippen molar-refractivity contribution in [2.24, 2.45) is 0 Å². The zero-order chi connectivity index (χ0) is 18.8. The number of nitrogens with zero attached hydrogens (tertiary/aromatic N) is 2. The number of benzene rings is 2. The first-order valence-corrected chi connectivity index (χ1v) is 8.84. The summed E-state index contributed by atoms with van der Waals surface area (Å²) < 4.78 is 2.13. The molecule has 26 heavy (non-hydrogen) atoms. The third-order valence-electron chi connectivity index (χ3n) is 4.47. The average Bonchev–Trinajstić information content (AvgIpc) is 2.93. The van der Waals surface area contributed by atoms with Gasteiger partial charge in [-0.05, 0) is 51.5 Å². The summed E-state index contributed by atoms with van der Waals surface area (Å²) in [5.74, 6) is 0.760. The van der Waals surface area contributed by atoms with E-state index in [2.05, 4.69) is 16.5 Å². The van der Waals surface area contributed by atoms with Gasteiger partial charge in [-0.3, -0.25) is 4.79 Å². The Morgan fingerprint density at radius 2 is 1.96 bits per heavy atom. The third-order valence-corrected chi connectivity index (χ3v) is 4.47. The molecule has 1 aromatic heterocycles. The molecule has 0 bridgehead atoms. The van der Waals surface area contributed by atoms with Gasteiger partial charge in [-0.25, -0.2) is 4.98 Å². The van der Waals surface area contributed by atoms with E-state index in [0.717, 1.165) is 33.6 Å². The minimum absolute atomic E-state index is 0.0797. The standard InChI is InChI=1S/C22H25N3O/c1-14(2)13-25-20-9-7-6-8-19(20)24-21(25)17(5)23-22(26)18-11-10-15(3)12-16(18)4/h6-12,17H,1,13H2,2-5H3,(H,23,26). The molecular formula is C22H25N3O. The van der Waals surface area contributed by atoms with Gasteiger partial charge in [0.2, 0.25) is 0 Å². The molecule has 1 heterocycles. The topological polar surface area (TPSA) is 46.9 Å². The van der Waals surface area contributed by atoms with Crippen molar-refractivity contribution in [3.05, 3.63) is 77.1 Å². The summed E-state index contributed by atoms with van der Waals surface area (Å²) in [7, 11) is 0. The quantitative estimate of drug-likeness (QED) is 0.679. The Bertz CT molecular complexity index is 984. The smallest absolute Gasteiger partial charge is 0.252 e.